The molecule has 1 aromatic carbocycles. The zero-order chi connectivity index (χ0) is 10.8. The SMILES string of the molecule is COC(=O)Cn1ncc2cccc(Cl)c21. The van der Waals surface area contributed by atoms with E-state index in [9.17, 15) is 4.79 Å². The molecule has 5 heteroatoms. The van der Waals surface area contributed by atoms with E-state index in [-0.39, 0.29) is 12.5 Å². The van der Waals surface area contributed by atoms with Gasteiger partial charge in [0.2, 0.25) is 0 Å². The number of halogens is 1. The molecule has 0 N–H and O–H groups in total. The lowest BCUT2D eigenvalue weighted by atomic mass is 10.2. The molecule has 2 rings (SSSR count). The third kappa shape index (κ3) is 1.80. The minimum absolute atomic E-state index is 0.0731. The molecule has 0 amide bonds. The Hall–Kier alpha value is -1.55. The maximum Gasteiger partial charge on any atom is 0.327 e. The van der Waals surface area contributed by atoms with Crippen LogP contribution >= 0.6 is 11.6 Å². The maximum atomic E-state index is 11.1. The molecule has 0 aliphatic heterocycles. The van der Waals surface area contributed by atoms with Gasteiger partial charge in [-0.15, -0.1) is 0 Å². The predicted molar refractivity (Wildman–Crippen MR) is 56.8 cm³/mol. The lowest BCUT2D eigenvalue weighted by Crippen LogP contribution is -2.12. The van der Waals surface area contributed by atoms with E-state index in [0.29, 0.717) is 5.02 Å². The number of benzene rings is 1. The number of carbonyl (C=O) groups is 1. The minimum atomic E-state index is -0.347. The third-order valence-corrected chi connectivity index (χ3v) is 2.42. The summed E-state index contributed by atoms with van der Waals surface area (Å²) in [5, 5.41) is 5.56. The van der Waals surface area contributed by atoms with Crippen LogP contribution in [0.3, 0.4) is 0 Å². The highest BCUT2D eigenvalue weighted by molar-refractivity contribution is 6.35. The molecule has 0 bridgehead atoms. The summed E-state index contributed by atoms with van der Waals surface area (Å²) in [5.74, 6) is -0.347. The van der Waals surface area contributed by atoms with Crippen molar-refractivity contribution < 1.29 is 9.53 Å². The molecule has 4 nitrogen and oxygen atoms in total. The number of hydrogen-bond acceptors (Lipinski definition) is 3. The van der Waals surface area contributed by atoms with Crippen LogP contribution in [0.5, 0.6) is 0 Å². The first-order valence-corrected chi connectivity index (χ1v) is 4.77. The largest absolute Gasteiger partial charge is 0.468 e. The number of aromatic nitrogens is 2. The summed E-state index contributed by atoms with van der Waals surface area (Å²) in [4.78, 5) is 11.1. The molecule has 0 radical (unpaired) electrons. The van der Waals surface area contributed by atoms with Crippen molar-refractivity contribution in [2.75, 3.05) is 7.11 Å². The molecule has 0 spiro atoms. The number of nitrogens with zero attached hydrogens (tertiary/aromatic N) is 2. The Morgan fingerprint density at radius 3 is 3.13 bits per heavy atom. The molecule has 78 valence electrons. The average Bonchev–Trinajstić information content (AvgIpc) is 2.63. The number of carbonyl (C=O) groups excluding carboxylic acids is 1. The Balaban J connectivity index is 2.48. The van der Waals surface area contributed by atoms with Crippen molar-refractivity contribution in [2.45, 2.75) is 6.54 Å². The molecule has 1 aromatic heterocycles. The van der Waals surface area contributed by atoms with Crippen LogP contribution in [0.25, 0.3) is 10.9 Å². The lowest BCUT2D eigenvalue weighted by molar-refractivity contribution is -0.141. The van der Waals surface area contributed by atoms with Gasteiger partial charge in [-0.2, -0.15) is 5.10 Å². The Kier molecular flexibility index (Phi) is 2.60. The lowest BCUT2D eigenvalue weighted by Gasteiger charge is -2.02. The first-order chi connectivity index (χ1) is 7.22. The van der Waals surface area contributed by atoms with Gasteiger partial charge in [0.25, 0.3) is 0 Å². The fourth-order valence-electron chi connectivity index (χ4n) is 1.40. The van der Waals surface area contributed by atoms with E-state index in [4.69, 9.17) is 11.6 Å². The van der Waals surface area contributed by atoms with Gasteiger partial charge in [-0.1, -0.05) is 23.7 Å². The van der Waals surface area contributed by atoms with Crippen molar-refractivity contribution in [3.8, 4) is 0 Å². The number of ether oxygens (including phenoxy) is 1. The van der Waals surface area contributed by atoms with E-state index in [1.54, 1.807) is 12.3 Å². The van der Waals surface area contributed by atoms with Crippen molar-refractivity contribution in [1.82, 2.24) is 9.78 Å². The molecular formula is C10H9ClN2O2. The fraction of sp³-hybridized carbons (Fsp3) is 0.200. The van der Waals surface area contributed by atoms with Gasteiger partial charge in [-0.25, -0.2) is 0 Å². The quantitative estimate of drug-likeness (QED) is 0.732. The van der Waals surface area contributed by atoms with Crippen LogP contribution in [0.4, 0.5) is 0 Å². The van der Waals surface area contributed by atoms with Crippen molar-refractivity contribution in [3.05, 3.63) is 29.4 Å². The number of esters is 1. The number of methoxy groups -OCH3 is 1. The second-order valence-electron chi connectivity index (χ2n) is 3.06. The zero-order valence-corrected chi connectivity index (χ0v) is 8.86. The van der Waals surface area contributed by atoms with E-state index < -0.39 is 0 Å². The Bertz CT molecular complexity index is 507. The van der Waals surface area contributed by atoms with E-state index in [1.807, 2.05) is 12.1 Å². The summed E-state index contributed by atoms with van der Waals surface area (Å²) in [6, 6.07) is 5.50. The van der Waals surface area contributed by atoms with Gasteiger partial charge >= 0.3 is 5.97 Å². The number of fused-ring (bicyclic) bond motifs is 1. The van der Waals surface area contributed by atoms with Crippen molar-refractivity contribution in [3.63, 3.8) is 0 Å². The van der Waals surface area contributed by atoms with Crippen LogP contribution in [0.1, 0.15) is 0 Å². The average molecular weight is 225 g/mol. The molecule has 1 heterocycles. The van der Waals surface area contributed by atoms with Gasteiger partial charge in [-0.05, 0) is 6.07 Å². The number of para-hydroxylation sites is 1. The highest BCUT2D eigenvalue weighted by atomic mass is 35.5. The summed E-state index contributed by atoms with van der Waals surface area (Å²) in [5.41, 5.74) is 0.754. The van der Waals surface area contributed by atoms with Gasteiger partial charge in [-0.3, -0.25) is 9.48 Å². The van der Waals surface area contributed by atoms with Gasteiger partial charge in [0.1, 0.15) is 6.54 Å². The monoisotopic (exact) mass is 224 g/mol. The molecule has 0 aliphatic carbocycles. The Labute approximate surface area is 91.4 Å². The van der Waals surface area contributed by atoms with Crippen LogP contribution in [0.15, 0.2) is 24.4 Å². The van der Waals surface area contributed by atoms with Crippen molar-refractivity contribution in [2.24, 2.45) is 0 Å². The molecule has 15 heavy (non-hydrogen) atoms. The van der Waals surface area contributed by atoms with Gasteiger partial charge in [0, 0.05) is 5.39 Å². The summed E-state index contributed by atoms with van der Waals surface area (Å²) in [6.45, 7) is 0.0731. The van der Waals surface area contributed by atoms with Crippen molar-refractivity contribution >= 4 is 28.5 Å². The third-order valence-electron chi connectivity index (χ3n) is 2.12. The van der Waals surface area contributed by atoms with Gasteiger partial charge < -0.3 is 4.74 Å². The van der Waals surface area contributed by atoms with Crippen molar-refractivity contribution in [1.29, 1.82) is 0 Å². The zero-order valence-electron chi connectivity index (χ0n) is 8.11. The standard InChI is InChI=1S/C10H9ClN2O2/c1-15-9(14)6-13-10-7(5-12-13)3-2-4-8(10)11/h2-5H,6H2,1H3. The molecular weight excluding hydrogens is 216 g/mol. The van der Waals surface area contributed by atoms with Gasteiger partial charge in [0.05, 0.1) is 23.8 Å². The summed E-state index contributed by atoms with van der Waals surface area (Å²) in [7, 11) is 1.34. The molecule has 0 saturated heterocycles. The molecule has 0 unspecified atom stereocenters. The first kappa shape index (κ1) is 9.98. The van der Waals surface area contributed by atoms with Crippen LogP contribution in [0.2, 0.25) is 5.02 Å². The molecule has 2 aromatic rings. The summed E-state index contributed by atoms with van der Waals surface area (Å²) in [6.07, 6.45) is 1.67. The second kappa shape index (κ2) is 3.90. The van der Waals surface area contributed by atoms with Crippen LogP contribution in [-0.2, 0) is 16.1 Å². The molecule has 0 fully saturated rings. The van der Waals surface area contributed by atoms with E-state index in [0.717, 1.165) is 10.9 Å². The van der Waals surface area contributed by atoms with E-state index in [2.05, 4.69) is 9.84 Å². The van der Waals surface area contributed by atoms with Crippen LogP contribution in [-0.4, -0.2) is 22.9 Å². The molecule has 0 atom stereocenters. The highest BCUT2D eigenvalue weighted by Gasteiger charge is 2.09. The number of rotatable bonds is 2. The summed E-state index contributed by atoms with van der Waals surface area (Å²) >= 11 is 6.02. The normalized spacial score (nSPS) is 10.5. The Morgan fingerprint density at radius 1 is 1.60 bits per heavy atom. The molecule has 0 aliphatic rings. The van der Waals surface area contributed by atoms with Crippen LogP contribution < -0.4 is 0 Å². The second-order valence-corrected chi connectivity index (χ2v) is 3.46. The number of hydrogen-bond donors (Lipinski definition) is 0. The Morgan fingerprint density at radius 2 is 2.40 bits per heavy atom. The predicted octanol–water partition coefficient (Wildman–Crippen LogP) is 1.86. The van der Waals surface area contributed by atoms with Crippen LogP contribution in [0, 0.1) is 0 Å². The van der Waals surface area contributed by atoms with E-state index in [1.165, 1.54) is 11.8 Å². The molecule has 0 saturated carbocycles. The summed E-state index contributed by atoms with van der Waals surface area (Å²) < 4.78 is 6.10. The topological polar surface area (TPSA) is 44.1 Å². The smallest absolute Gasteiger partial charge is 0.327 e. The maximum absolute atomic E-state index is 11.1. The van der Waals surface area contributed by atoms with E-state index >= 15 is 0 Å². The highest BCUT2D eigenvalue weighted by Crippen LogP contribution is 2.22. The first-order valence-electron chi connectivity index (χ1n) is 4.39. The fourth-order valence-corrected chi connectivity index (χ4v) is 1.68. The minimum Gasteiger partial charge on any atom is -0.468 e. The van der Waals surface area contributed by atoms with Gasteiger partial charge in [0.15, 0.2) is 0 Å².